The number of hydrogen-bond donors (Lipinski definition) is 0. The SMILES string of the molecule is CCOC(=O)/C=C1\CC(c2ccc(Br)cc2)N1S(=O)(=O)c1ccc(C)cc1. The molecular formula is C20H20BrNO4S. The summed E-state index contributed by atoms with van der Waals surface area (Å²) in [6.45, 7) is 3.85. The van der Waals surface area contributed by atoms with Crippen molar-refractivity contribution in [3.63, 3.8) is 0 Å². The predicted octanol–water partition coefficient (Wildman–Crippen LogP) is 4.34. The largest absolute Gasteiger partial charge is 0.463 e. The number of benzene rings is 2. The lowest BCUT2D eigenvalue weighted by Gasteiger charge is -2.44. The van der Waals surface area contributed by atoms with Gasteiger partial charge in [-0.1, -0.05) is 45.8 Å². The van der Waals surface area contributed by atoms with E-state index >= 15 is 0 Å². The van der Waals surface area contributed by atoms with E-state index in [-0.39, 0.29) is 17.5 Å². The van der Waals surface area contributed by atoms with Gasteiger partial charge in [0.15, 0.2) is 0 Å². The molecule has 0 spiro atoms. The fraction of sp³-hybridized carbons (Fsp3) is 0.250. The third kappa shape index (κ3) is 4.09. The van der Waals surface area contributed by atoms with Crippen LogP contribution >= 0.6 is 15.9 Å². The van der Waals surface area contributed by atoms with Crippen LogP contribution in [0.5, 0.6) is 0 Å². The Morgan fingerprint density at radius 3 is 2.41 bits per heavy atom. The van der Waals surface area contributed by atoms with Gasteiger partial charge < -0.3 is 4.74 Å². The second kappa shape index (κ2) is 7.86. The highest BCUT2D eigenvalue weighted by molar-refractivity contribution is 9.10. The normalized spacial score (nSPS) is 18.3. The maximum atomic E-state index is 13.2. The summed E-state index contributed by atoms with van der Waals surface area (Å²) in [4.78, 5) is 12.1. The zero-order chi connectivity index (χ0) is 19.6. The van der Waals surface area contributed by atoms with Crippen LogP contribution in [0.4, 0.5) is 0 Å². The first-order valence-corrected chi connectivity index (χ1v) is 10.8. The van der Waals surface area contributed by atoms with Crippen LogP contribution < -0.4 is 0 Å². The number of carbonyl (C=O) groups is 1. The Labute approximate surface area is 167 Å². The Balaban J connectivity index is 2.00. The summed E-state index contributed by atoms with van der Waals surface area (Å²) >= 11 is 3.39. The molecule has 1 saturated heterocycles. The molecule has 0 bridgehead atoms. The van der Waals surface area contributed by atoms with Gasteiger partial charge in [0, 0.05) is 22.7 Å². The van der Waals surface area contributed by atoms with Gasteiger partial charge >= 0.3 is 5.97 Å². The van der Waals surface area contributed by atoms with E-state index in [1.54, 1.807) is 31.2 Å². The Hall–Kier alpha value is -2.12. The van der Waals surface area contributed by atoms with Gasteiger partial charge in [-0.05, 0) is 43.7 Å². The number of aryl methyl sites for hydroxylation is 1. The predicted molar refractivity (Wildman–Crippen MR) is 106 cm³/mol. The molecule has 1 heterocycles. The van der Waals surface area contributed by atoms with Crippen LogP contribution in [0.15, 0.2) is 69.7 Å². The van der Waals surface area contributed by atoms with Crippen molar-refractivity contribution in [2.45, 2.75) is 31.2 Å². The van der Waals surface area contributed by atoms with Gasteiger partial charge in [-0.25, -0.2) is 13.2 Å². The molecule has 27 heavy (non-hydrogen) atoms. The van der Waals surface area contributed by atoms with Gasteiger partial charge in [-0.2, -0.15) is 0 Å². The zero-order valence-corrected chi connectivity index (χ0v) is 17.5. The number of esters is 1. The molecule has 5 nitrogen and oxygen atoms in total. The number of hydrogen-bond acceptors (Lipinski definition) is 4. The molecule has 1 fully saturated rings. The fourth-order valence-corrected chi connectivity index (χ4v) is 4.92. The molecule has 0 amide bonds. The number of halogens is 1. The van der Waals surface area contributed by atoms with E-state index in [1.807, 2.05) is 31.2 Å². The van der Waals surface area contributed by atoms with E-state index < -0.39 is 16.0 Å². The highest BCUT2D eigenvalue weighted by atomic mass is 79.9. The number of nitrogens with zero attached hydrogens (tertiary/aromatic N) is 1. The standard InChI is InChI=1S/C20H20BrNO4S/c1-3-26-20(23)13-17-12-19(15-6-8-16(21)9-7-15)22(17)27(24,25)18-10-4-14(2)5-11-18/h4-11,13,19H,3,12H2,1-2H3/b17-13+. The first kappa shape index (κ1) is 19.6. The molecule has 142 valence electrons. The van der Waals surface area contributed by atoms with Crippen molar-refractivity contribution in [3.8, 4) is 0 Å². The second-order valence-corrected chi connectivity index (χ2v) is 9.00. The minimum atomic E-state index is -3.79. The van der Waals surface area contributed by atoms with Crippen LogP contribution in [0.2, 0.25) is 0 Å². The quantitative estimate of drug-likeness (QED) is 0.502. The van der Waals surface area contributed by atoms with E-state index in [2.05, 4.69) is 15.9 Å². The maximum Gasteiger partial charge on any atom is 0.332 e. The maximum absolute atomic E-state index is 13.2. The molecule has 1 aliphatic rings. The molecule has 0 aromatic heterocycles. The lowest BCUT2D eigenvalue weighted by Crippen LogP contribution is -2.43. The molecule has 2 aromatic rings. The first-order valence-electron chi connectivity index (χ1n) is 8.57. The lowest BCUT2D eigenvalue weighted by molar-refractivity contribution is -0.137. The van der Waals surface area contributed by atoms with Crippen molar-refractivity contribution < 1.29 is 17.9 Å². The van der Waals surface area contributed by atoms with E-state index in [0.29, 0.717) is 12.1 Å². The van der Waals surface area contributed by atoms with Crippen molar-refractivity contribution >= 4 is 31.9 Å². The van der Waals surface area contributed by atoms with Gasteiger partial charge in [-0.3, -0.25) is 4.31 Å². The van der Waals surface area contributed by atoms with Crippen molar-refractivity contribution in [3.05, 3.63) is 75.9 Å². The third-order valence-corrected chi connectivity index (χ3v) is 6.78. The minimum Gasteiger partial charge on any atom is -0.463 e. The number of carbonyl (C=O) groups excluding carboxylic acids is 1. The summed E-state index contributed by atoms with van der Waals surface area (Å²) in [5, 5.41) is 0. The van der Waals surface area contributed by atoms with Crippen molar-refractivity contribution in [2.75, 3.05) is 6.61 Å². The van der Waals surface area contributed by atoms with Crippen LogP contribution in [-0.4, -0.2) is 25.3 Å². The highest BCUT2D eigenvalue weighted by Gasteiger charge is 2.43. The molecule has 0 N–H and O–H groups in total. The molecule has 1 unspecified atom stereocenters. The summed E-state index contributed by atoms with van der Waals surface area (Å²) in [5.41, 5.74) is 2.28. The van der Waals surface area contributed by atoms with Crippen molar-refractivity contribution in [2.24, 2.45) is 0 Å². The summed E-state index contributed by atoms with van der Waals surface area (Å²) in [5.74, 6) is -0.536. The number of rotatable bonds is 5. The summed E-state index contributed by atoms with van der Waals surface area (Å²) in [6, 6.07) is 13.9. The Bertz CT molecular complexity index is 966. The van der Waals surface area contributed by atoms with E-state index in [1.165, 1.54) is 10.4 Å². The minimum absolute atomic E-state index is 0.199. The molecule has 1 atom stereocenters. The zero-order valence-electron chi connectivity index (χ0n) is 15.1. The van der Waals surface area contributed by atoms with Crippen LogP contribution in [0.25, 0.3) is 0 Å². The lowest BCUT2D eigenvalue weighted by atomic mass is 9.94. The van der Waals surface area contributed by atoms with Crippen molar-refractivity contribution in [1.82, 2.24) is 4.31 Å². The highest BCUT2D eigenvalue weighted by Crippen LogP contribution is 2.45. The van der Waals surface area contributed by atoms with E-state index in [9.17, 15) is 13.2 Å². The Kier molecular flexibility index (Phi) is 5.72. The van der Waals surface area contributed by atoms with Gasteiger partial charge in [0.1, 0.15) is 0 Å². The third-order valence-electron chi connectivity index (χ3n) is 4.37. The van der Waals surface area contributed by atoms with E-state index in [4.69, 9.17) is 4.74 Å². The summed E-state index contributed by atoms with van der Waals surface area (Å²) in [7, 11) is -3.79. The molecular weight excluding hydrogens is 430 g/mol. The van der Waals surface area contributed by atoms with Crippen LogP contribution in [-0.2, 0) is 19.6 Å². The van der Waals surface area contributed by atoms with Crippen molar-refractivity contribution in [1.29, 1.82) is 0 Å². The van der Waals surface area contributed by atoms with Crippen LogP contribution in [0.1, 0.15) is 30.5 Å². The molecule has 3 rings (SSSR count). The molecule has 7 heteroatoms. The number of ether oxygens (including phenoxy) is 1. The fourth-order valence-electron chi connectivity index (χ4n) is 2.99. The van der Waals surface area contributed by atoms with E-state index in [0.717, 1.165) is 15.6 Å². The Morgan fingerprint density at radius 2 is 1.81 bits per heavy atom. The Morgan fingerprint density at radius 1 is 1.19 bits per heavy atom. The monoisotopic (exact) mass is 449 g/mol. The van der Waals surface area contributed by atoms with Gasteiger partial charge in [-0.15, -0.1) is 0 Å². The topological polar surface area (TPSA) is 63.7 Å². The summed E-state index contributed by atoms with van der Waals surface area (Å²) < 4.78 is 33.7. The first-order chi connectivity index (χ1) is 12.8. The van der Waals surface area contributed by atoms with Gasteiger partial charge in [0.2, 0.25) is 0 Å². The number of sulfonamides is 1. The summed E-state index contributed by atoms with van der Waals surface area (Å²) in [6.07, 6.45) is 1.72. The smallest absolute Gasteiger partial charge is 0.332 e. The average Bonchev–Trinajstić information content (AvgIpc) is 2.59. The molecule has 0 aliphatic carbocycles. The van der Waals surface area contributed by atoms with Crippen LogP contribution in [0, 0.1) is 6.92 Å². The molecule has 2 aromatic carbocycles. The van der Waals surface area contributed by atoms with Crippen LogP contribution in [0.3, 0.4) is 0 Å². The van der Waals surface area contributed by atoms with Gasteiger partial charge in [0.05, 0.1) is 17.5 Å². The van der Waals surface area contributed by atoms with Gasteiger partial charge in [0.25, 0.3) is 10.0 Å². The molecule has 0 radical (unpaired) electrons. The average molecular weight is 450 g/mol. The molecule has 0 saturated carbocycles. The molecule has 1 aliphatic heterocycles. The second-order valence-electron chi connectivity index (χ2n) is 6.27.